The van der Waals surface area contributed by atoms with E-state index in [2.05, 4.69) is 5.92 Å². The zero-order chi connectivity index (χ0) is 9.97. The molecule has 1 heteroatoms. The summed E-state index contributed by atoms with van der Waals surface area (Å²) in [5, 5.41) is 0. The molecule has 1 nitrogen and oxygen atoms in total. The number of hydrogen-bond donors (Lipinski definition) is 0. The second kappa shape index (κ2) is 3.75. The summed E-state index contributed by atoms with van der Waals surface area (Å²) in [5.41, 5.74) is 2.05. The summed E-state index contributed by atoms with van der Waals surface area (Å²) in [6.45, 7) is 2.86. The van der Waals surface area contributed by atoms with Crippen molar-refractivity contribution in [2.45, 2.75) is 19.8 Å². The standard InChI is InChI=1S/C13H14O/c1-3-12-7-4-10(2)8-13(12)14-9-11-5-6-11/h1,4,7-8,11H,5-6,9H2,2H3. The molecule has 0 aliphatic heterocycles. The summed E-state index contributed by atoms with van der Waals surface area (Å²) in [4.78, 5) is 0. The average Bonchev–Trinajstić information content (AvgIpc) is 2.98. The minimum absolute atomic E-state index is 0.765. The van der Waals surface area contributed by atoms with Crippen LogP contribution >= 0.6 is 0 Å². The van der Waals surface area contributed by atoms with Gasteiger partial charge in [0.25, 0.3) is 0 Å². The topological polar surface area (TPSA) is 9.23 Å². The van der Waals surface area contributed by atoms with Crippen molar-refractivity contribution in [1.82, 2.24) is 0 Å². The van der Waals surface area contributed by atoms with Crippen LogP contribution in [-0.4, -0.2) is 6.61 Å². The molecule has 0 bridgehead atoms. The van der Waals surface area contributed by atoms with E-state index in [4.69, 9.17) is 11.2 Å². The molecule has 0 saturated heterocycles. The van der Waals surface area contributed by atoms with E-state index < -0.39 is 0 Å². The highest BCUT2D eigenvalue weighted by molar-refractivity contribution is 5.46. The Morgan fingerprint density at radius 3 is 2.93 bits per heavy atom. The maximum atomic E-state index is 5.69. The van der Waals surface area contributed by atoms with Crippen LogP contribution in [0.2, 0.25) is 0 Å². The number of terminal acetylenes is 1. The van der Waals surface area contributed by atoms with Crippen molar-refractivity contribution < 1.29 is 4.74 Å². The first-order valence-electron chi connectivity index (χ1n) is 4.99. The van der Waals surface area contributed by atoms with E-state index in [0.29, 0.717) is 0 Å². The lowest BCUT2D eigenvalue weighted by molar-refractivity contribution is 0.299. The summed E-state index contributed by atoms with van der Waals surface area (Å²) in [5.74, 6) is 4.27. The fourth-order valence-corrected chi connectivity index (χ4v) is 1.36. The van der Waals surface area contributed by atoms with Gasteiger partial charge in [0.15, 0.2) is 0 Å². The van der Waals surface area contributed by atoms with Gasteiger partial charge >= 0.3 is 0 Å². The summed E-state index contributed by atoms with van der Waals surface area (Å²) in [7, 11) is 0. The highest BCUT2D eigenvalue weighted by Gasteiger charge is 2.22. The summed E-state index contributed by atoms with van der Waals surface area (Å²) in [6.07, 6.45) is 8.00. The van der Waals surface area contributed by atoms with Crippen LogP contribution < -0.4 is 4.74 Å². The van der Waals surface area contributed by atoms with Gasteiger partial charge in [-0.05, 0) is 43.4 Å². The largest absolute Gasteiger partial charge is 0.492 e. The van der Waals surface area contributed by atoms with Gasteiger partial charge in [-0.3, -0.25) is 0 Å². The number of aryl methyl sites for hydroxylation is 1. The van der Waals surface area contributed by atoms with E-state index in [1.165, 1.54) is 18.4 Å². The second-order valence-corrected chi connectivity index (χ2v) is 3.90. The molecule has 0 radical (unpaired) electrons. The van der Waals surface area contributed by atoms with Gasteiger partial charge in [0, 0.05) is 0 Å². The van der Waals surface area contributed by atoms with Crippen LogP contribution in [0.15, 0.2) is 18.2 Å². The van der Waals surface area contributed by atoms with Crippen molar-refractivity contribution >= 4 is 0 Å². The maximum absolute atomic E-state index is 5.69. The highest BCUT2D eigenvalue weighted by atomic mass is 16.5. The number of ether oxygens (including phenoxy) is 1. The Balaban J connectivity index is 2.12. The van der Waals surface area contributed by atoms with Crippen molar-refractivity contribution in [2.75, 3.05) is 6.61 Å². The van der Waals surface area contributed by atoms with Crippen molar-refractivity contribution in [3.05, 3.63) is 29.3 Å². The Labute approximate surface area is 85.1 Å². The molecule has 0 N–H and O–H groups in total. The number of benzene rings is 1. The molecule has 14 heavy (non-hydrogen) atoms. The van der Waals surface area contributed by atoms with Gasteiger partial charge in [0.1, 0.15) is 5.75 Å². The minimum Gasteiger partial charge on any atom is -0.492 e. The Morgan fingerprint density at radius 2 is 2.29 bits per heavy atom. The summed E-state index contributed by atoms with van der Waals surface area (Å²) < 4.78 is 5.69. The predicted molar refractivity (Wildman–Crippen MR) is 57.3 cm³/mol. The highest BCUT2D eigenvalue weighted by Crippen LogP contribution is 2.30. The first-order chi connectivity index (χ1) is 6.79. The summed E-state index contributed by atoms with van der Waals surface area (Å²) >= 11 is 0. The van der Waals surface area contributed by atoms with Gasteiger partial charge in [-0.25, -0.2) is 0 Å². The van der Waals surface area contributed by atoms with Crippen LogP contribution in [0, 0.1) is 25.2 Å². The first kappa shape index (κ1) is 9.15. The molecule has 1 fully saturated rings. The first-order valence-corrected chi connectivity index (χ1v) is 4.99. The zero-order valence-electron chi connectivity index (χ0n) is 8.42. The summed E-state index contributed by atoms with van der Waals surface area (Å²) in [6, 6.07) is 5.97. The van der Waals surface area contributed by atoms with Crippen LogP contribution in [0.1, 0.15) is 24.0 Å². The third-order valence-corrected chi connectivity index (χ3v) is 2.46. The number of rotatable bonds is 3. The van der Waals surface area contributed by atoms with E-state index in [0.717, 1.165) is 23.8 Å². The van der Waals surface area contributed by atoms with Gasteiger partial charge in [0.2, 0.25) is 0 Å². The monoisotopic (exact) mass is 186 g/mol. The van der Waals surface area contributed by atoms with Crippen molar-refractivity contribution in [2.24, 2.45) is 5.92 Å². The van der Waals surface area contributed by atoms with Crippen molar-refractivity contribution in [3.8, 4) is 18.1 Å². The van der Waals surface area contributed by atoms with Gasteiger partial charge in [-0.15, -0.1) is 6.42 Å². The molecule has 1 aromatic rings. The van der Waals surface area contributed by atoms with Gasteiger partial charge < -0.3 is 4.74 Å². The maximum Gasteiger partial charge on any atom is 0.135 e. The van der Waals surface area contributed by atoms with E-state index >= 15 is 0 Å². The molecule has 0 spiro atoms. The van der Waals surface area contributed by atoms with Crippen LogP contribution in [0.5, 0.6) is 5.75 Å². The SMILES string of the molecule is C#Cc1ccc(C)cc1OCC1CC1. The lowest BCUT2D eigenvalue weighted by Gasteiger charge is -2.08. The van der Waals surface area contributed by atoms with E-state index in [1.54, 1.807) is 0 Å². The molecular weight excluding hydrogens is 172 g/mol. The minimum atomic E-state index is 0.765. The molecule has 0 amide bonds. The van der Waals surface area contributed by atoms with E-state index in [9.17, 15) is 0 Å². The van der Waals surface area contributed by atoms with E-state index in [1.807, 2.05) is 25.1 Å². The van der Waals surface area contributed by atoms with Crippen LogP contribution in [0.25, 0.3) is 0 Å². The lowest BCUT2D eigenvalue weighted by atomic mass is 10.1. The fourth-order valence-electron chi connectivity index (χ4n) is 1.36. The fraction of sp³-hybridized carbons (Fsp3) is 0.385. The zero-order valence-corrected chi connectivity index (χ0v) is 8.42. The van der Waals surface area contributed by atoms with Gasteiger partial charge in [0.05, 0.1) is 12.2 Å². The molecular formula is C13H14O. The molecule has 0 aromatic heterocycles. The third-order valence-electron chi connectivity index (χ3n) is 2.46. The normalized spacial score (nSPS) is 14.9. The van der Waals surface area contributed by atoms with Gasteiger partial charge in [-0.1, -0.05) is 12.0 Å². The van der Waals surface area contributed by atoms with Crippen LogP contribution in [0.4, 0.5) is 0 Å². The smallest absolute Gasteiger partial charge is 0.135 e. The quantitative estimate of drug-likeness (QED) is 0.659. The molecule has 1 aliphatic rings. The second-order valence-electron chi connectivity index (χ2n) is 3.90. The molecule has 0 heterocycles. The molecule has 1 aromatic carbocycles. The van der Waals surface area contributed by atoms with Crippen molar-refractivity contribution in [1.29, 1.82) is 0 Å². The molecule has 72 valence electrons. The third kappa shape index (κ3) is 2.09. The van der Waals surface area contributed by atoms with Crippen molar-refractivity contribution in [3.63, 3.8) is 0 Å². The lowest BCUT2D eigenvalue weighted by Crippen LogP contribution is -2.00. The molecule has 1 saturated carbocycles. The van der Waals surface area contributed by atoms with Gasteiger partial charge in [-0.2, -0.15) is 0 Å². The van der Waals surface area contributed by atoms with E-state index in [-0.39, 0.29) is 0 Å². The Bertz CT molecular complexity index is 369. The Hall–Kier alpha value is -1.42. The Morgan fingerprint density at radius 1 is 1.50 bits per heavy atom. The molecule has 2 rings (SSSR count). The average molecular weight is 186 g/mol. The molecule has 0 unspecified atom stereocenters. The van der Waals surface area contributed by atoms with Crippen LogP contribution in [-0.2, 0) is 0 Å². The number of hydrogen-bond acceptors (Lipinski definition) is 1. The predicted octanol–water partition coefficient (Wildman–Crippen LogP) is 2.77. The molecule has 1 aliphatic carbocycles. The van der Waals surface area contributed by atoms with Crippen LogP contribution in [0.3, 0.4) is 0 Å². The Kier molecular flexibility index (Phi) is 2.45. The molecule has 0 atom stereocenters.